The van der Waals surface area contributed by atoms with Crippen molar-refractivity contribution in [2.24, 2.45) is 0 Å². The van der Waals surface area contributed by atoms with Gasteiger partial charge in [0.05, 0.1) is 6.54 Å². The van der Waals surface area contributed by atoms with Crippen LogP contribution in [0.4, 0.5) is 0 Å². The second-order valence-electron chi connectivity index (χ2n) is 8.57. The van der Waals surface area contributed by atoms with Crippen LogP contribution in [0.1, 0.15) is 49.9 Å². The van der Waals surface area contributed by atoms with Gasteiger partial charge in [0, 0.05) is 19.1 Å². The van der Waals surface area contributed by atoms with Crippen molar-refractivity contribution in [1.29, 1.82) is 0 Å². The van der Waals surface area contributed by atoms with Gasteiger partial charge in [-0.2, -0.15) is 0 Å². The number of nitrogens with one attached hydrogen (secondary N) is 1. The third-order valence-corrected chi connectivity index (χ3v) is 6.08. The van der Waals surface area contributed by atoms with Crippen LogP contribution in [0.15, 0.2) is 30.3 Å². The van der Waals surface area contributed by atoms with Crippen LogP contribution in [0.25, 0.3) is 0 Å². The molecule has 0 aliphatic carbocycles. The average molecular weight is 412 g/mol. The zero-order valence-corrected chi connectivity index (χ0v) is 17.7. The molecule has 1 unspecified atom stereocenters. The number of piperidine rings is 1. The number of likely N-dealkylation sites (tertiary alicyclic amines) is 2. The van der Waals surface area contributed by atoms with Crippen molar-refractivity contribution >= 4 is 5.91 Å². The molecular formula is C22H33N7O. The molecule has 0 spiro atoms. The molecule has 8 heteroatoms. The van der Waals surface area contributed by atoms with Crippen molar-refractivity contribution in [3.05, 3.63) is 41.7 Å². The highest BCUT2D eigenvalue weighted by molar-refractivity contribution is 5.76. The zero-order valence-electron chi connectivity index (χ0n) is 17.7. The lowest BCUT2D eigenvalue weighted by Crippen LogP contribution is -2.48. The predicted molar refractivity (Wildman–Crippen MR) is 114 cm³/mol. The van der Waals surface area contributed by atoms with Crippen molar-refractivity contribution in [3.8, 4) is 0 Å². The predicted octanol–water partition coefficient (Wildman–Crippen LogP) is 1.83. The van der Waals surface area contributed by atoms with Gasteiger partial charge in [0.25, 0.3) is 0 Å². The molecule has 1 aromatic heterocycles. The average Bonchev–Trinajstić information content (AvgIpc) is 3.01. The maximum atomic E-state index is 12.7. The molecule has 162 valence electrons. The van der Waals surface area contributed by atoms with Crippen LogP contribution in [0.3, 0.4) is 0 Å². The van der Waals surface area contributed by atoms with Crippen molar-refractivity contribution < 1.29 is 4.79 Å². The van der Waals surface area contributed by atoms with Gasteiger partial charge in [-0.15, -0.1) is 5.10 Å². The Hall–Kier alpha value is -2.32. The van der Waals surface area contributed by atoms with Crippen molar-refractivity contribution in [3.63, 3.8) is 0 Å². The lowest BCUT2D eigenvalue weighted by Gasteiger charge is -2.33. The molecule has 2 aliphatic rings. The number of hydrogen-bond acceptors (Lipinski definition) is 6. The van der Waals surface area contributed by atoms with Crippen LogP contribution in [-0.2, 0) is 24.4 Å². The normalized spacial score (nSPS) is 21.3. The molecule has 8 nitrogen and oxygen atoms in total. The van der Waals surface area contributed by atoms with E-state index in [1.807, 2.05) is 6.07 Å². The highest BCUT2D eigenvalue weighted by atomic mass is 16.2. The maximum absolute atomic E-state index is 12.7. The van der Waals surface area contributed by atoms with Gasteiger partial charge in [-0.1, -0.05) is 43.2 Å². The van der Waals surface area contributed by atoms with Crippen LogP contribution in [-0.4, -0.2) is 68.1 Å². The number of benzene rings is 1. The van der Waals surface area contributed by atoms with E-state index in [0.717, 1.165) is 51.4 Å². The van der Waals surface area contributed by atoms with Gasteiger partial charge in [-0.25, -0.2) is 4.68 Å². The first kappa shape index (κ1) is 20.9. The summed E-state index contributed by atoms with van der Waals surface area (Å²) in [4.78, 5) is 17.5. The van der Waals surface area contributed by atoms with Gasteiger partial charge in [0.1, 0.15) is 6.54 Å². The number of tetrazole rings is 1. The van der Waals surface area contributed by atoms with Gasteiger partial charge >= 0.3 is 0 Å². The SMILES string of the molecule is O=C(Cn1nnnc1CN1CCCCCC1)NC1CCCN(Cc2ccccc2)C1. The van der Waals surface area contributed by atoms with Crippen LogP contribution >= 0.6 is 0 Å². The molecule has 1 aromatic carbocycles. The highest BCUT2D eigenvalue weighted by Crippen LogP contribution is 2.14. The van der Waals surface area contributed by atoms with E-state index < -0.39 is 0 Å². The molecule has 1 amide bonds. The largest absolute Gasteiger partial charge is 0.350 e. The first-order valence-corrected chi connectivity index (χ1v) is 11.3. The van der Waals surface area contributed by atoms with Gasteiger partial charge in [0.15, 0.2) is 5.82 Å². The minimum atomic E-state index is -0.00835. The standard InChI is InChI=1S/C22H33N7O/c30-22(18-29-21(24-25-26-29)17-27-12-6-1-2-7-13-27)23-20-11-8-14-28(16-20)15-19-9-4-3-5-10-19/h3-5,9-10,20H,1-2,6-8,11-18H2,(H,23,30). The minimum Gasteiger partial charge on any atom is -0.350 e. The Balaban J connectivity index is 1.27. The quantitative estimate of drug-likeness (QED) is 0.749. The Morgan fingerprint density at radius 1 is 0.967 bits per heavy atom. The molecule has 30 heavy (non-hydrogen) atoms. The summed E-state index contributed by atoms with van der Waals surface area (Å²) in [6.45, 7) is 5.96. The summed E-state index contributed by atoms with van der Waals surface area (Å²) < 4.78 is 1.66. The first-order valence-electron chi connectivity index (χ1n) is 11.3. The Morgan fingerprint density at radius 2 is 1.73 bits per heavy atom. The number of hydrogen-bond donors (Lipinski definition) is 1. The van der Waals surface area contributed by atoms with E-state index in [-0.39, 0.29) is 18.5 Å². The summed E-state index contributed by atoms with van der Waals surface area (Å²) in [6.07, 6.45) is 7.17. The molecule has 1 N–H and O–H groups in total. The molecule has 4 rings (SSSR count). The van der Waals surface area contributed by atoms with E-state index in [2.05, 4.69) is 54.9 Å². The Kier molecular flexibility index (Phi) is 7.42. The summed E-state index contributed by atoms with van der Waals surface area (Å²) in [7, 11) is 0. The monoisotopic (exact) mass is 411 g/mol. The molecule has 2 aliphatic heterocycles. The second-order valence-corrected chi connectivity index (χ2v) is 8.57. The number of carbonyl (C=O) groups excluding carboxylic acids is 1. The van der Waals surface area contributed by atoms with Crippen LogP contribution in [0.5, 0.6) is 0 Å². The highest BCUT2D eigenvalue weighted by Gasteiger charge is 2.22. The van der Waals surface area contributed by atoms with Gasteiger partial charge in [-0.3, -0.25) is 14.6 Å². The van der Waals surface area contributed by atoms with Gasteiger partial charge < -0.3 is 5.32 Å². The molecule has 1 atom stereocenters. The molecule has 2 fully saturated rings. The topological polar surface area (TPSA) is 79.2 Å². The number of rotatable bonds is 7. The number of nitrogens with zero attached hydrogens (tertiary/aromatic N) is 6. The van der Waals surface area contributed by atoms with E-state index in [0.29, 0.717) is 6.54 Å². The summed E-state index contributed by atoms with van der Waals surface area (Å²) in [5.74, 6) is 0.771. The molecule has 0 saturated carbocycles. The summed E-state index contributed by atoms with van der Waals surface area (Å²) in [5.41, 5.74) is 1.32. The molecule has 0 bridgehead atoms. The summed E-state index contributed by atoms with van der Waals surface area (Å²) in [5, 5.41) is 15.3. The van der Waals surface area contributed by atoms with Gasteiger partial charge in [-0.05, 0) is 61.3 Å². The fraction of sp³-hybridized carbons (Fsp3) is 0.636. The Bertz CT molecular complexity index is 786. The van der Waals surface area contributed by atoms with Gasteiger partial charge in [0.2, 0.25) is 5.91 Å². The number of aromatic nitrogens is 4. The molecular weight excluding hydrogens is 378 g/mol. The van der Waals surface area contributed by atoms with E-state index in [1.165, 1.54) is 31.2 Å². The van der Waals surface area contributed by atoms with Crippen LogP contribution in [0, 0.1) is 0 Å². The lowest BCUT2D eigenvalue weighted by molar-refractivity contribution is -0.123. The van der Waals surface area contributed by atoms with E-state index in [1.54, 1.807) is 4.68 Å². The van der Waals surface area contributed by atoms with E-state index in [4.69, 9.17) is 0 Å². The van der Waals surface area contributed by atoms with Crippen molar-refractivity contribution in [1.82, 2.24) is 35.3 Å². The minimum absolute atomic E-state index is 0.00835. The van der Waals surface area contributed by atoms with Crippen molar-refractivity contribution in [2.75, 3.05) is 26.2 Å². The zero-order chi connectivity index (χ0) is 20.6. The fourth-order valence-corrected chi connectivity index (χ4v) is 4.52. The maximum Gasteiger partial charge on any atom is 0.242 e. The fourth-order valence-electron chi connectivity index (χ4n) is 4.52. The first-order chi connectivity index (χ1) is 14.8. The summed E-state index contributed by atoms with van der Waals surface area (Å²) in [6, 6.07) is 10.7. The molecule has 2 aromatic rings. The Labute approximate surface area is 178 Å². The van der Waals surface area contributed by atoms with Crippen LogP contribution < -0.4 is 5.32 Å². The third kappa shape index (κ3) is 6.09. The molecule has 3 heterocycles. The third-order valence-electron chi connectivity index (χ3n) is 6.08. The number of carbonyl (C=O) groups is 1. The Morgan fingerprint density at radius 3 is 2.53 bits per heavy atom. The molecule has 0 radical (unpaired) electrons. The van der Waals surface area contributed by atoms with E-state index in [9.17, 15) is 4.79 Å². The van der Waals surface area contributed by atoms with Crippen LogP contribution in [0.2, 0.25) is 0 Å². The second kappa shape index (κ2) is 10.6. The smallest absolute Gasteiger partial charge is 0.242 e. The van der Waals surface area contributed by atoms with Crippen molar-refractivity contribution in [2.45, 2.75) is 64.2 Å². The van der Waals surface area contributed by atoms with E-state index >= 15 is 0 Å². The lowest BCUT2D eigenvalue weighted by atomic mass is 10.0. The number of amides is 1. The molecule has 2 saturated heterocycles. The summed E-state index contributed by atoms with van der Waals surface area (Å²) >= 11 is 0.